The normalized spacial score (nSPS) is 10.8. The van der Waals surface area contributed by atoms with Crippen LogP contribution in [-0.4, -0.2) is 9.55 Å². The highest BCUT2D eigenvalue weighted by Gasteiger charge is 2.19. The van der Waals surface area contributed by atoms with E-state index in [9.17, 15) is 14.4 Å². The molecule has 170 valence electrons. The van der Waals surface area contributed by atoms with Crippen LogP contribution in [-0.2, 0) is 19.4 Å². The topological polar surface area (TPSA) is 58.7 Å². The lowest BCUT2D eigenvalue weighted by atomic mass is 9.96. The van der Waals surface area contributed by atoms with Crippen LogP contribution in [0.25, 0.3) is 22.3 Å². The Morgan fingerprint density at radius 1 is 0.941 bits per heavy atom. The smallest absolute Gasteiger partial charge is 0.261 e. The predicted octanol–water partition coefficient (Wildman–Crippen LogP) is 6.15. The fraction of sp³-hybridized carbons (Fsp3) is 0.207. The van der Waals surface area contributed by atoms with Crippen molar-refractivity contribution in [3.8, 4) is 28.3 Å². The molecule has 0 aliphatic carbocycles. The van der Waals surface area contributed by atoms with Crippen LogP contribution in [0.3, 0.4) is 0 Å². The zero-order valence-electron chi connectivity index (χ0n) is 19.4. The third kappa shape index (κ3) is 4.53. The number of aromatic nitrogens is 2. The number of halogens is 1. The Morgan fingerprint density at radius 3 is 2.32 bits per heavy atom. The summed E-state index contributed by atoms with van der Waals surface area (Å²) in [5.74, 6) is 0.346. The van der Waals surface area contributed by atoms with Gasteiger partial charge in [0.05, 0.1) is 23.4 Å². The van der Waals surface area contributed by atoms with Crippen LogP contribution in [0, 0.1) is 17.1 Å². The van der Waals surface area contributed by atoms with Crippen LogP contribution in [0.4, 0.5) is 4.39 Å². The minimum Gasteiger partial charge on any atom is -0.292 e. The van der Waals surface area contributed by atoms with E-state index in [1.165, 1.54) is 12.1 Å². The van der Waals surface area contributed by atoms with Crippen molar-refractivity contribution >= 4 is 0 Å². The van der Waals surface area contributed by atoms with Gasteiger partial charge in [0.15, 0.2) is 0 Å². The van der Waals surface area contributed by atoms with Crippen molar-refractivity contribution in [3.63, 3.8) is 0 Å². The van der Waals surface area contributed by atoms with Crippen LogP contribution in [0.1, 0.15) is 42.9 Å². The zero-order valence-corrected chi connectivity index (χ0v) is 19.4. The zero-order chi connectivity index (χ0) is 24.1. The Labute approximate surface area is 199 Å². The first kappa shape index (κ1) is 23.1. The number of hydrogen-bond donors (Lipinski definition) is 0. The summed E-state index contributed by atoms with van der Waals surface area (Å²) in [4.78, 5) is 18.7. The fourth-order valence-corrected chi connectivity index (χ4v) is 4.28. The Bertz CT molecular complexity index is 1400. The highest BCUT2D eigenvalue weighted by Crippen LogP contribution is 2.27. The van der Waals surface area contributed by atoms with Gasteiger partial charge in [-0.1, -0.05) is 74.5 Å². The monoisotopic (exact) mass is 451 g/mol. The van der Waals surface area contributed by atoms with E-state index in [1.54, 1.807) is 16.7 Å². The van der Waals surface area contributed by atoms with Crippen molar-refractivity contribution in [2.45, 2.75) is 39.7 Å². The number of rotatable bonds is 7. The molecule has 0 saturated heterocycles. The highest BCUT2D eigenvalue weighted by molar-refractivity contribution is 5.72. The van der Waals surface area contributed by atoms with Crippen molar-refractivity contribution in [3.05, 3.63) is 112 Å². The summed E-state index contributed by atoms with van der Waals surface area (Å²) < 4.78 is 15.2. The Hall–Kier alpha value is -4.04. The molecule has 0 aliphatic heterocycles. The molecule has 3 aromatic carbocycles. The van der Waals surface area contributed by atoms with Gasteiger partial charge in [0.2, 0.25) is 0 Å². The van der Waals surface area contributed by atoms with Crippen molar-refractivity contribution in [1.29, 1.82) is 5.26 Å². The van der Waals surface area contributed by atoms with Gasteiger partial charge in [-0.3, -0.25) is 9.36 Å². The van der Waals surface area contributed by atoms with E-state index in [0.717, 1.165) is 23.1 Å². The summed E-state index contributed by atoms with van der Waals surface area (Å²) in [6.45, 7) is 4.25. The summed E-state index contributed by atoms with van der Waals surface area (Å²) in [6, 6.07) is 23.8. The van der Waals surface area contributed by atoms with Gasteiger partial charge in [-0.25, -0.2) is 9.37 Å². The van der Waals surface area contributed by atoms with E-state index in [4.69, 9.17) is 4.98 Å². The van der Waals surface area contributed by atoms with Crippen molar-refractivity contribution in [1.82, 2.24) is 9.55 Å². The standard InChI is InChI=1S/C29H26FN3O/c1-3-9-27-32-26(4-2)28(21-14-16-23(30)17-15-21)29(34)33(27)19-22-12-8-13-24(25(22)18-31)20-10-6-5-7-11-20/h5-8,10-17H,3-4,9,19H2,1-2H3. The molecule has 4 aromatic rings. The molecule has 1 heterocycles. The average Bonchev–Trinajstić information content (AvgIpc) is 2.87. The van der Waals surface area contributed by atoms with Crippen LogP contribution in [0.15, 0.2) is 77.6 Å². The maximum Gasteiger partial charge on any atom is 0.261 e. The van der Waals surface area contributed by atoms with Crippen LogP contribution in [0.5, 0.6) is 0 Å². The largest absolute Gasteiger partial charge is 0.292 e. The van der Waals surface area contributed by atoms with E-state index in [2.05, 4.69) is 6.07 Å². The maximum atomic E-state index is 13.8. The SMILES string of the molecule is CCCc1nc(CC)c(-c2ccc(F)cc2)c(=O)n1Cc1cccc(-c2ccccc2)c1C#N. The van der Waals surface area contributed by atoms with Gasteiger partial charge in [-0.15, -0.1) is 0 Å². The van der Waals surface area contributed by atoms with Gasteiger partial charge >= 0.3 is 0 Å². The molecule has 0 aliphatic rings. The van der Waals surface area contributed by atoms with E-state index >= 15 is 0 Å². The molecule has 0 atom stereocenters. The Kier molecular flexibility index (Phi) is 6.98. The van der Waals surface area contributed by atoms with Crippen LogP contribution in [0.2, 0.25) is 0 Å². The lowest BCUT2D eigenvalue weighted by Gasteiger charge is -2.18. The average molecular weight is 452 g/mol. The number of aryl methyl sites for hydroxylation is 2. The number of nitrogens with zero attached hydrogens (tertiary/aromatic N) is 3. The van der Waals surface area contributed by atoms with Gasteiger partial charge in [0.1, 0.15) is 17.7 Å². The predicted molar refractivity (Wildman–Crippen MR) is 133 cm³/mol. The quantitative estimate of drug-likeness (QED) is 0.339. The molecule has 4 rings (SSSR count). The molecule has 0 bridgehead atoms. The summed E-state index contributed by atoms with van der Waals surface area (Å²) in [5.41, 5.74) is 4.76. The minimum atomic E-state index is -0.353. The first-order chi connectivity index (χ1) is 16.6. The van der Waals surface area contributed by atoms with E-state index < -0.39 is 0 Å². The lowest BCUT2D eigenvalue weighted by Crippen LogP contribution is -2.29. The van der Waals surface area contributed by atoms with Crippen molar-refractivity contribution in [2.24, 2.45) is 0 Å². The lowest BCUT2D eigenvalue weighted by molar-refractivity contribution is 0.627. The summed E-state index contributed by atoms with van der Waals surface area (Å²) >= 11 is 0. The second-order valence-corrected chi connectivity index (χ2v) is 8.17. The van der Waals surface area contributed by atoms with E-state index in [0.29, 0.717) is 41.1 Å². The van der Waals surface area contributed by atoms with Crippen LogP contribution >= 0.6 is 0 Å². The molecule has 5 heteroatoms. The van der Waals surface area contributed by atoms with E-state index in [-0.39, 0.29) is 17.9 Å². The maximum absolute atomic E-state index is 13.8. The number of nitriles is 1. The molecule has 0 amide bonds. The first-order valence-electron chi connectivity index (χ1n) is 11.5. The van der Waals surface area contributed by atoms with Gasteiger partial charge < -0.3 is 0 Å². The van der Waals surface area contributed by atoms with Crippen LogP contribution < -0.4 is 5.56 Å². The summed E-state index contributed by atoms with van der Waals surface area (Å²) in [7, 11) is 0. The van der Waals surface area contributed by atoms with Gasteiger partial charge in [0, 0.05) is 6.42 Å². The molecular weight excluding hydrogens is 425 g/mol. The number of hydrogen-bond acceptors (Lipinski definition) is 3. The molecule has 0 saturated carbocycles. The van der Waals surface area contributed by atoms with Gasteiger partial charge in [-0.05, 0) is 47.2 Å². The van der Waals surface area contributed by atoms with Gasteiger partial charge in [-0.2, -0.15) is 5.26 Å². The third-order valence-corrected chi connectivity index (χ3v) is 5.94. The fourth-order valence-electron chi connectivity index (χ4n) is 4.28. The van der Waals surface area contributed by atoms with Gasteiger partial charge in [0.25, 0.3) is 5.56 Å². The molecule has 0 fully saturated rings. The molecule has 1 aromatic heterocycles. The molecule has 0 radical (unpaired) electrons. The van der Waals surface area contributed by atoms with Crippen molar-refractivity contribution < 1.29 is 4.39 Å². The summed E-state index contributed by atoms with van der Waals surface area (Å²) in [5, 5.41) is 10.0. The molecular formula is C29H26FN3O. The Balaban J connectivity index is 1.90. The van der Waals surface area contributed by atoms with E-state index in [1.807, 2.05) is 62.4 Å². The Morgan fingerprint density at radius 2 is 1.68 bits per heavy atom. The number of benzene rings is 3. The first-order valence-corrected chi connectivity index (χ1v) is 11.5. The molecule has 34 heavy (non-hydrogen) atoms. The second-order valence-electron chi connectivity index (χ2n) is 8.17. The molecule has 4 nitrogen and oxygen atoms in total. The third-order valence-electron chi connectivity index (χ3n) is 5.94. The minimum absolute atomic E-state index is 0.170. The highest BCUT2D eigenvalue weighted by atomic mass is 19.1. The molecule has 0 spiro atoms. The van der Waals surface area contributed by atoms with Crippen molar-refractivity contribution in [2.75, 3.05) is 0 Å². The molecule has 0 N–H and O–H groups in total. The second kappa shape index (κ2) is 10.3. The molecule has 0 unspecified atom stereocenters. The summed E-state index contributed by atoms with van der Waals surface area (Å²) in [6.07, 6.45) is 2.07.